The quantitative estimate of drug-likeness (QED) is 0.805. The second-order valence-electron chi connectivity index (χ2n) is 4.81. The van der Waals surface area contributed by atoms with E-state index in [4.69, 9.17) is 0 Å². The highest BCUT2D eigenvalue weighted by Crippen LogP contribution is 2.24. The highest BCUT2D eigenvalue weighted by atomic mass is 14.9. The minimum Gasteiger partial charge on any atom is -0.310 e. The lowest BCUT2D eigenvalue weighted by Gasteiger charge is -2.16. The molecule has 1 aliphatic heterocycles. The van der Waals surface area contributed by atoms with Gasteiger partial charge in [0.2, 0.25) is 0 Å². The molecular weight excluding hydrogens is 208 g/mol. The molecule has 1 unspecified atom stereocenters. The summed E-state index contributed by atoms with van der Waals surface area (Å²) in [6.45, 7) is 1.14. The predicted molar refractivity (Wildman–Crippen MR) is 71.0 cm³/mol. The van der Waals surface area contributed by atoms with Crippen molar-refractivity contribution < 1.29 is 0 Å². The van der Waals surface area contributed by atoms with Crippen molar-refractivity contribution in [3.8, 4) is 0 Å². The largest absolute Gasteiger partial charge is 0.310 e. The van der Waals surface area contributed by atoms with E-state index in [1.807, 2.05) is 12.3 Å². The molecule has 88 valence electrons. The Bertz CT molecular complexity index is 499. The number of benzene rings is 1. The molecule has 0 bridgehead atoms. The van der Waals surface area contributed by atoms with Crippen LogP contribution in [0.1, 0.15) is 37.3 Å². The molecule has 1 aromatic carbocycles. The molecule has 1 aliphatic rings. The summed E-state index contributed by atoms with van der Waals surface area (Å²) in [6.07, 6.45) is 7.11. The Morgan fingerprint density at radius 2 is 2.12 bits per heavy atom. The Morgan fingerprint density at radius 3 is 3.12 bits per heavy atom. The zero-order valence-electron chi connectivity index (χ0n) is 10.0. The van der Waals surface area contributed by atoms with E-state index < -0.39 is 0 Å². The first-order valence-corrected chi connectivity index (χ1v) is 6.51. The predicted octanol–water partition coefficient (Wildman–Crippen LogP) is 3.44. The first-order chi connectivity index (χ1) is 8.43. The van der Waals surface area contributed by atoms with Crippen molar-refractivity contribution in [3.63, 3.8) is 0 Å². The number of nitrogens with zero attached hydrogens (tertiary/aromatic N) is 1. The van der Waals surface area contributed by atoms with E-state index in [0.29, 0.717) is 6.04 Å². The fraction of sp³-hybridized carbons (Fsp3) is 0.400. The number of hydrogen-bond acceptors (Lipinski definition) is 2. The molecule has 2 nitrogen and oxygen atoms in total. The van der Waals surface area contributed by atoms with Gasteiger partial charge in [-0.3, -0.25) is 4.98 Å². The van der Waals surface area contributed by atoms with Crippen molar-refractivity contribution >= 4 is 10.9 Å². The van der Waals surface area contributed by atoms with Gasteiger partial charge < -0.3 is 5.32 Å². The van der Waals surface area contributed by atoms with E-state index in [9.17, 15) is 0 Å². The lowest BCUT2D eigenvalue weighted by atomic mass is 10.0. The number of pyridine rings is 1. The summed E-state index contributed by atoms with van der Waals surface area (Å²) in [6, 6.07) is 11.3. The van der Waals surface area contributed by atoms with E-state index in [1.165, 1.54) is 36.6 Å². The molecule has 0 amide bonds. The maximum Gasteiger partial charge on any atom is 0.0705 e. The number of nitrogens with one attached hydrogen (secondary N) is 1. The third kappa shape index (κ3) is 2.32. The zero-order chi connectivity index (χ0) is 11.5. The lowest BCUT2D eigenvalue weighted by Crippen LogP contribution is -2.20. The van der Waals surface area contributed by atoms with Crippen LogP contribution in [0.3, 0.4) is 0 Å². The molecule has 2 heteroatoms. The highest BCUT2D eigenvalue weighted by Gasteiger charge is 2.13. The molecule has 0 aliphatic carbocycles. The van der Waals surface area contributed by atoms with Crippen molar-refractivity contribution in [2.75, 3.05) is 6.54 Å². The third-order valence-electron chi connectivity index (χ3n) is 3.59. The molecule has 0 saturated carbocycles. The van der Waals surface area contributed by atoms with Gasteiger partial charge in [0.15, 0.2) is 0 Å². The maximum atomic E-state index is 4.43. The van der Waals surface area contributed by atoms with Crippen LogP contribution in [0, 0.1) is 0 Å². The summed E-state index contributed by atoms with van der Waals surface area (Å²) < 4.78 is 0. The van der Waals surface area contributed by atoms with Crippen molar-refractivity contribution in [2.24, 2.45) is 0 Å². The average Bonchev–Trinajstić information content (AvgIpc) is 2.67. The molecule has 2 aromatic rings. The molecule has 1 N–H and O–H groups in total. The normalized spacial score (nSPS) is 21.3. The van der Waals surface area contributed by atoms with Gasteiger partial charge in [-0.25, -0.2) is 0 Å². The summed E-state index contributed by atoms with van der Waals surface area (Å²) in [5.74, 6) is 0. The van der Waals surface area contributed by atoms with Gasteiger partial charge >= 0.3 is 0 Å². The van der Waals surface area contributed by atoms with Gasteiger partial charge in [-0.2, -0.15) is 0 Å². The average molecular weight is 226 g/mol. The van der Waals surface area contributed by atoms with Crippen LogP contribution in [0.5, 0.6) is 0 Å². The molecule has 0 radical (unpaired) electrons. The van der Waals surface area contributed by atoms with Gasteiger partial charge in [0.05, 0.1) is 5.52 Å². The van der Waals surface area contributed by atoms with Crippen molar-refractivity contribution in [1.29, 1.82) is 0 Å². The Kier molecular flexibility index (Phi) is 3.06. The summed E-state index contributed by atoms with van der Waals surface area (Å²) in [5, 5.41) is 4.86. The van der Waals surface area contributed by atoms with E-state index in [2.05, 4.69) is 34.6 Å². The number of hydrogen-bond donors (Lipinski definition) is 1. The van der Waals surface area contributed by atoms with Gasteiger partial charge in [0, 0.05) is 17.6 Å². The zero-order valence-corrected chi connectivity index (χ0v) is 10.0. The number of fused-ring (bicyclic) bond motifs is 1. The Morgan fingerprint density at radius 1 is 1.12 bits per heavy atom. The Hall–Kier alpha value is -1.41. The Labute approximate surface area is 102 Å². The standard InChI is InChI=1S/C15H18N2/c1-2-6-14(16-9-3-1)13-8-7-12-5-4-10-17-15(12)11-13/h4-5,7-8,10-11,14,16H,1-3,6,9H2. The first-order valence-electron chi connectivity index (χ1n) is 6.51. The minimum atomic E-state index is 0.518. The van der Waals surface area contributed by atoms with Crippen LogP contribution < -0.4 is 5.32 Å². The monoisotopic (exact) mass is 226 g/mol. The second kappa shape index (κ2) is 4.84. The van der Waals surface area contributed by atoms with E-state index in [1.54, 1.807) is 0 Å². The summed E-state index contributed by atoms with van der Waals surface area (Å²) in [4.78, 5) is 4.43. The molecule has 1 aromatic heterocycles. The topological polar surface area (TPSA) is 24.9 Å². The molecule has 0 spiro atoms. The fourth-order valence-electron chi connectivity index (χ4n) is 2.61. The molecular formula is C15H18N2. The summed E-state index contributed by atoms with van der Waals surface area (Å²) in [7, 11) is 0. The minimum absolute atomic E-state index is 0.518. The highest BCUT2D eigenvalue weighted by molar-refractivity contribution is 5.78. The van der Waals surface area contributed by atoms with Crippen LogP contribution in [0.25, 0.3) is 10.9 Å². The fourth-order valence-corrected chi connectivity index (χ4v) is 2.61. The van der Waals surface area contributed by atoms with Crippen molar-refractivity contribution in [1.82, 2.24) is 10.3 Å². The second-order valence-corrected chi connectivity index (χ2v) is 4.81. The van der Waals surface area contributed by atoms with Crippen LogP contribution in [0.4, 0.5) is 0 Å². The SMILES string of the molecule is c1cnc2cc(C3CCCCCN3)ccc2c1. The molecule has 1 atom stereocenters. The molecule has 3 rings (SSSR count). The van der Waals surface area contributed by atoms with Crippen molar-refractivity contribution in [2.45, 2.75) is 31.7 Å². The first kappa shape index (κ1) is 10.7. The molecule has 1 fully saturated rings. The Balaban J connectivity index is 1.93. The van der Waals surface area contributed by atoms with Gasteiger partial charge in [-0.1, -0.05) is 31.0 Å². The summed E-state index contributed by atoms with van der Waals surface area (Å²) >= 11 is 0. The molecule has 1 saturated heterocycles. The maximum absolute atomic E-state index is 4.43. The molecule has 17 heavy (non-hydrogen) atoms. The number of aromatic nitrogens is 1. The van der Waals surface area contributed by atoms with Crippen LogP contribution in [0.15, 0.2) is 36.5 Å². The summed E-state index contributed by atoms with van der Waals surface area (Å²) in [5.41, 5.74) is 2.49. The van der Waals surface area contributed by atoms with Gasteiger partial charge in [0.1, 0.15) is 0 Å². The van der Waals surface area contributed by atoms with Gasteiger partial charge in [-0.15, -0.1) is 0 Å². The van der Waals surface area contributed by atoms with Crippen LogP contribution in [-0.2, 0) is 0 Å². The van der Waals surface area contributed by atoms with Crippen LogP contribution in [0.2, 0.25) is 0 Å². The third-order valence-corrected chi connectivity index (χ3v) is 3.59. The lowest BCUT2D eigenvalue weighted by molar-refractivity contribution is 0.535. The van der Waals surface area contributed by atoms with E-state index in [0.717, 1.165) is 12.1 Å². The van der Waals surface area contributed by atoms with E-state index in [-0.39, 0.29) is 0 Å². The van der Waals surface area contributed by atoms with Gasteiger partial charge in [-0.05, 0) is 37.1 Å². The smallest absolute Gasteiger partial charge is 0.0705 e. The van der Waals surface area contributed by atoms with E-state index >= 15 is 0 Å². The van der Waals surface area contributed by atoms with Crippen molar-refractivity contribution in [3.05, 3.63) is 42.1 Å². The number of rotatable bonds is 1. The molecule has 2 heterocycles. The van der Waals surface area contributed by atoms with Crippen LogP contribution >= 0.6 is 0 Å². The van der Waals surface area contributed by atoms with Crippen LogP contribution in [-0.4, -0.2) is 11.5 Å². The van der Waals surface area contributed by atoms with Gasteiger partial charge in [0.25, 0.3) is 0 Å².